The van der Waals surface area contributed by atoms with Crippen LogP contribution in [0.4, 0.5) is 0 Å². The number of thiol groups is 2. The highest BCUT2D eigenvalue weighted by Crippen LogP contribution is 2.23. The Morgan fingerprint density at radius 1 is 0.463 bits per heavy atom. The van der Waals surface area contributed by atoms with Crippen LogP contribution in [0, 0.1) is 5.92 Å². The average Bonchev–Trinajstić information content (AvgIpc) is 1.63. The maximum Gasteiger partial charge on any atom is 0.305 e. The van der Waals surface area contributed by atoms with Gasteiger partial charge in [-0.1, -0.05) is 129 Å². The molecule has 0 aliphatic heterocycles. The highest BCUT2D eigenvalue weighted by Gasteiger charge is 2.38. The molecule has 2 aromatic heterocycles. The maximum atomic E-state index is 15.2. The lowest BCUT2D eigenvalue weighted by molar-refractivity contribution is -0.141. The number of H-pyrrole nitrogens is 2. The number of aliphatic carboxylic acids is 1. The van der Waals surface area contributed by atoms with Crippen LogP contribution in [-0.4, -0.2) is 198 Å². The number of phenols is 1. The number of nitrogens with zero attached hydrogens (tertiary/aromatic N) is 1. The lowest BCUT2D eigenvalue weighted by Crippen LogP contribution is -2.62. The number of fused-ring (bicyclic) bond motifs is 1. The van der Waals surface area contributed by atoms with Gasteiger partial charge in [0.1, 0.15) is 66.2 Å². The predicted octanol–water partition coefficient (Wildman–Crippen LogP) is -1.06. The molecule has 32 nitrogen and oxygen atoms in total. The number of phenolic OH excluding ortho intramolecular Hbond substituents is 1. The topological polar surface area (TPSA) is 511 Å². The molecule has 2 heterocycles. The molecule has 5 aromatic carbocycles. The summed E-state index contributed by atoms with van der Waals surface area (Å²) in [6.07, 6.45) is 0.409. The van der Waals surface area contributed by atoms with Gasteiger partial charge >= 0.3 is 5.97 Å². The summed E-state index contributed by atoms with van der Waals surface area (Å²) in [5, 5.41) is 59.8. The number of carboxylic acids is 1. The van der Waals surface area contributed by atoms with E-state index in [0.29, 0.717) is 38.9 Å². The van der Waals surface area contributed by atoms with Crippen LogP contribution < -0.4 is 70.0 Å². The van der Waals surface area contributed by atoms with Gasteiger partial charge in [-0.15, -0.1) is 0 Å². The molecule has 0 saturated carbocycles. The molecule has 0 aliphatic rings. The zero-order chi connectivity index (χ0) is 78.7. The number of benzene rings is 5. The molecule has 7 aromatic rings. The summed E-state index contributed by atoms with van der Waals surface area (Å²) in [5.74, 6) is -14.4. The summed E-state index contributed by atoms with van der Waals surface area (Å²) in [6.45, 7) is 5.04. The average molecular weight is 1520 g/mol. The number of imidazole rings is 1. The van der Waals surface area contributed by atoms with Crippen LogP contribution in [0.5, 0.6) is 5.75 Å². The van der Waals surface area contributed by atoms with Gasteiger partial charge in [0.05, 0.1) is 31.4 Å². The number of carboxylic acid groups (broad SMARTS) is 1. The second kappa shape index (κ2) is 40.8. The van der Waals surface area contributed by atoms with E-state index in [0.717, 1.165) is 11.1 Å². The molecule has 0 radical (unpaired) electrons. The van der Waals surface area contributed by atoms with E-state index in [1.807, 2.05) is 30.3 Å². The first-order chi connectivity index (χ1) is 51.5. The number of nitrogens with two attached hydrogens (primary N) is 2. The van der Waals surface area contributed by atoms with E-state index < -0.39 is 174 Å². The number of carbonyl (C=O) groups is 13. The third-order valence-electron chi connectivity index (χ3n) is 17.3. The number of rotatable bonds is 40. The number of aromatic amines is 2. The van der Waals surface area contributed by atoms with Crippen molar-refractivity contribution in [2.75, 3.05) is 18.1 Å². The van der Waals surface area contributed by atoms with E-state index in [9.17, 15) is 68.1 Å². The number of hydrogen-bond acceptors (Lipinski definition) is 19. The molecule has 12 amide bonds. The molecule has 12 atom stereocenters. The molecule has 20 N–H and O–H groups in total. The predicted molar refractivity (Wildman–Crippen MR) is 403 cm³/mol. The van der Waals surface area contributed by atoms with Gasteiger partial charge in [0, 0.05) is 72.6 Å². The molecular formula is C74H90N16O16S2. The van der Waals surface area contributed by atoms with E-state index in [1.165, 1.54) is 50.6 Å². The second-order valence-electron chi connectivity index (χ2n) is 26.0. The number of aromatic nitrogens is 3. The van der Waals surface area contributed by atoms with Crippen LogP contribution in [0.1, 0.15) is 62.1 Å². The van der Waals surface area contributed by atoms with Crippen molar-refractivity contribution in [3.63, 3.8) is 0 Å². The van der Waals surface area contributed by atoms with Gasteiger partial charge in [0.15, 0.2) is 0 Å². The normalized spacial score (nSPS) is 14.5. The zero-order valence-corrected chi connectivity index (χ0v) is 61.2. The van der Waals surface area contributed by atoms with E-state index >= 15 is 9.59 Å². The van der Waals surface area contributed by atoms with Crippen molar-refractivity contribution >= 4 is 113 Å². The Labute approximate surface area is 632 Å². The number of nitrogens with one attached hydrogen (secondary N) is 13. The van der Waals surface area contributed by atoms with Crippen molar-refractivity contribution in [1.82, 2.24) is 73.4 Å². The first-order valence-electron chi connectivity index (χ1n) is 34.5. The summed E-state index contributed by atoms with van der Waals surface area (Å²) < 4.78 is 0. The zero-order valence-electron chi connectivity index (χ0n) is 59.4. The Bertz CT molecular complexity index is 4270. The highest BCUT2D eigenvalue weighted by molar-refractivity contribution is 7.80. The molecule has 0 spiro atoms. The van der Waals surface area contributed by atoms with Crippen molar-refractivity contribution < 1.29 is 77.6 Å². The minimum atomic E-state index is -1.82. The largest absolute Gasteiger partial charge is 0.508 e. The van der Waals surface area contributed by atoms with Crippen molar-refractivity contribution in [3.05, 3.63) is 180 Å². The number of carbonyl (C=O) groups excluding carboxylic acids is 12. The SMILES string of the molecule is CC(C)[C@H](NC(=O)[C@H](Cc1ccc(-c2ccccc2)cc1)NC(=O)[C@H](CC(=O)O)NC(=O)[C@H](C)NC(=O)[C@@H](N)CS)C(=O)N[C@@H](CS)C(=O)N[C@@H](Cc1ccc(O)cc1)C(=O)N[C@@H](Cc1c[nH]c2ccccc12)C(=O)N[C@@H](Cc1cnc[nH]1)C(=O)N[C@H](C(=O)N[C@@H](Cc1ccccc1)C(=O)NCC(N)=O)[C@@H](C)O. The van der Waals surface area contributed by atoms with Crippen LogP contribution in [0.2, 0.25) is 0 Å². The molecule has 0 bridgehead atoms. The Kier molecular flexibility index (Phi) is 31.6. The molecule has 574 valence electrons. The molecule has 0 saturated heterocycles. The third-order valence-corrected chi connectivity index (χ3v) is 18.0. The van der Waals surface area contributed by atoms with Crippen molar-refractivity contribution in [1.29, 1.82) is 0 Å². The van der Waals surface area contributed by atoms with Crippen molar-refractivity contribution in [2.24, 2.45) is 17.4 Å². The lowest BCUT2D eigenvalue weighted by Gasteiger charge is -2.29. The third kappa shape index (κ3) is 25.3. The fourth-order valence-electron chi connectivity index (χ4n) is 11.3. The summed E-state index contributed by atoms with van der Waals surface area (Å²) >= 11 is 8.40. The summed E-state index contributed by atoms with van der Waals surface area (Å²) in [6, 6.07) is 20.5. The van der Waals surface area contributed by atoms with Gasteiger partial charge in [0.2, 0.25) is 70.9 Å². The van der Waals surface area contributed by atoms with Gasteiger partial charge in [-0.3, -0.25) is 62.3 Å². The fraction of sp³-hybridized carbons (Fsp3) is 0.351. The number of amides is 12. The van der Waals surface area contributed by atoms with E-state index in [1.54, 1.807) is 98.9 Å². The minimum absolute atomic E-state index is 0.0710. The molecule has 0 aliphatic carbocycles. The molecule has 0 unspecified atom stereocenters. The van der Waals surface area contributed by atoms with Gasteiger partial charge in [0.25, 0.3) is 0 Å². The second-order valence-corrected chi connectivity index (χ2v) is 26.8. The number of primary amides is 1. The monoisotopic (exact) mass is 1520 g/mol. The van der Waals surface area contributed by atoms with Gasteiger partial charge in [-0.2, -0.15) is 25.3 Å². The molecule has 0 fully saturated rings. The molecule has 7 rings (SSSR count). The van der Waals surface area contributed by atoms with Crippen molar-refractivity contribution in [2.45, 2.75) is 139 Å². The van der Waals surface area contributed by atoms with Gasteiger partial charge < -0.3 is 95.2 Å². The quantitative estimate of drug-likeness (QED) is 0.0204. The van der Waals surface area contributed by atoms with E-state index in [4.69, 9.17) is 11.5 Å². The first kappa shape index (κ1) is 83.7. The Balaban J connectivity index is 1.14. The summed E-state index contributed by atoms with van der Waals surface area (Å²) in [7, 11) is 0. The van der Waals surface area contributed by atoms with Crippen LogP contribution in [-0.2, 0) is 94.4 Å². The standard InChI is InChI=1S/C74H90N16O16S2/c1-39(2)62(89-70(102)55(28-43-19-23-46(24-20-43)45-15-9-6-10-16-45)83-69(101)58(32-61(94)95)82-64(96)40(3)81-65(97)51(75)36-107)73(105)88-59(37-108)72(104)84-54(29-44-21-25-49(92)26-22-44)67(99)85-56(30-47-33-78-52-18-12-11-17-50(47)52)68(100)86-57(31-48-34-77-38-80-48)71(103)90-63(41(4)91)74(106)87-53(66(98)79-35-60(76)93)27-42-13-7-5-8-14-42/h5-26,33-34,38-41,51,53-59,62-63,78,91-92,107-108H,27-32,35-37,75H2,1-4H3,(H2,76,93)(H,77,80)(H,79,98)(H,81,97)(H,82,96)(H,83,101)(H,84,104)(H,85,99)(H,86,100)(H,87,106)(H,88,105)(H,89,102)(H,90,103)(H,94,95)/t40-,41+,51-,53-,54-,55-,56-,57-,58-,59-,62-,63-/m0/s1. The fourth-order valence-corrected chi connectivity index (χ4v) is 11.7. The smallest absolute Gasteiger partial charge is 0.305 e. The van der Waals surface area contributed by atoms with Gasteiger partial charge in [-0.25, -0.2) is 4.98 Å². The highest BCUT2D eigenvalue weighted by atomic mass is 32.1. The number of aliphatic hydroxyl groups excluding tert-OH is 1. The summed E-state index contributed by atoms with van der Waals surface area (Å²) in [5.41, 5.74) is 15.6. The number of aromatic hydroxyl groups is 1. The Morgan fingerprint density at radius 3 is 1.45 bits per heavy atom. The minimum Gasteiger partial charge on any atom is -0.508 e. The van der Waals surface area contributed by atoms with Crippen LogP contribution in [0.3, 0.4) is 0 Å². The Morgan fingerprint density at radius 2 is 0.917 bits per heavy atom. The van der Waals surface area contributed by atoms with Crippen LogP contribution in [0.25, 0.3) is 22.0 Å². The number of para-hydroxylation sites is 1. The van der Waals surface area contributed by atoms with E-state index in [-0.39, 0.29) is 43.6 Å². The number of aliphatic hydroxyl groups is 1. The van der Waals surface area contributed by atoms with Crippen LogP contribution >= 0.6 is 25.3 Å². The van der Waals surface area contributed by atoms with E-state index in [2.05, 4.69) is 98.7 Å². The number of hydrogen-bond donors (Lipinski definition) is 20. The molecule has 34 heteroatoms. The van der Waals surface area contributed by atoms with Crippen LogP contribution in [0.15, 0.2) is 152 Å². The van der Waals surface area contributed by atoms with Crippen molar-refractivity contribution in [3.8, 4) is 16.9 Å². The molecule has 108 heavy (non-hydrogen) atoms. The Hall–Kier alpha value is -11.6. The van der Waals surface area contributed by atoms with Gasteiger partial charge in [-0.05, 0) is 71.3 Å². The lowest BCUT2D eigenvalue weighted by atomic mass is 9.98. The molecular weight excluding hydrogens is 1430 g/mol. The maximum absolute atomic E-state index is 15.2. The summed E-state index contributed by atoms with van der Waals surface area (Å²) in [4.78, 5) is 191. The first-order valence-corrected chi connectivity index (χ1v) is 35.7.